The lowest BCUT2D eigenvalue weighted by Gasteiger charge is -2.10. The molecule has 0 unspecified atom stereocenters. The fourth-order valence-corrected chi connectivity index (χ4v) is 2.55. The SMILES string of the molecule is Cc1ccc(N=Nc2cc(C)ccc2NC(=O)COc2ccc(Cl)cc2)cc1. The van der Waals surface area contributed by atoms with Gasteiger partial charge in [-0.05, 0) is 67.9 Å². The van der Waals surface area contributed by atoms with Gasteiger partial charge in [-0.1, -0.05) is 35.4 Å². The van der Waals surface area contributed by atoms with Crippen molar-refractivity contribution in [1.82, 2.24) is 0 Å². The van der Waals surface area contributed by atoms with Crippen LogP contribution in [0.4, 0.5) is 17.1 Å². The van der Waals surface area contributed by atoms with E-state index in [1.807, 2.05) is 50.2 Å². The predicted molar refractivity (Wildman–Crippen MR) is 112 cm³/mol. The second kappa shape index (κ2) is 9.15. The number of anilines is 1. The Morgan fingerprint density at radius 1 is 0.929 bits per heavy atom. The van der Waals surface area contributed by atoms with Crippen molar-refractivity contribution in [2.45, 2.75) is 13.8 Å². The van der Waals surface area contributed by atoms with Crippen molar-refractivity contribution >= 4 is 34.6 Å². The molecule has 6 heteroatoms. The summed E-state index contributed by atoms with van der Waals surface area (Å²) in [5.74, 6) is 0.285. The molecule has 0 aliphatic carbocycles. The number of nitrogens with one attached hydrogen (secondary N) is 1. The van der Waals surface area contributed by atoms with Gasteiger partial charge < -0.3 is 10.1 Å². The van der Waals surface area contributed by atoms with E-state index < -0.39 is 0 Å². The van der Waals surface area contributed by atoms with Gasteiger partial charge >= 0.3 is 0 Å². The number of carbonyl (C=O) groups excluding carboxylic acids is 1. The number of carbonyl (C=O) groups is 1. The Morgan fingerprint density at radius 2 is 1.61 bits per heavy atom. The van der Waals surface area contributed by atoms with Crippen LogP contribution in [0.5, 0.6) is 5.75 Å². The molecular weight excluding hydrogens is 374 g/mol. The zero-order chi connectivity index (χ0) is 19.9. The Labute approximate surface area is 169 Å². The largest absolute Gasteiger partial charge is 0.484 e. The predicted octanol–water partition coefficient (Wildman–Crippen LogP) is 6.39. The van der Waals surface area contributed by atoms with Crippen molar-refractivity contribution in [2.24, 2.45) is 10.2 Å². The second-order valence-electron chi connectivity index (χ2n) is 6.35. The number of azo groups is 1. The Bertz CT molecular complexity index is 984. The smallest absolute Gasteiger partial charge is 0.262 e. The Balaban J connectivity index is 1.68. The molecule has 0 spiro atoms. The van der Waals surface area contributed by atoms with E-state index in [2.05, 4.69) is 15.5 Å². The van der Waals surface area contributed by atoms with Gasteiger partial charge in [-0.15, -0.1) is 5.11 Å². The molecule has 3 aromatic rings. The quantitative estimate of drug-likeness (QED) is 0.493. The monoisotopic (exact) mass is 393 g/mol. The second-order valence-corrected chi connectivity index (χ2v) is 6.78. The fourth-order valence-electron chi connectivity index (χ4n) is 2.42. The molecule has 28 heavy (non-hydrogen) atoms. The first-order chi connectivity index (χ1) is 13.5. The van der Waals surface area contributed by atoms with Crippen LogP contribution in [0.25, 0.3) is 0 Å². The highest BCUT2D eigenvalue weighted by Crippen LogP contribution is 2.28. The molecule has 1 amide bonds. The van der Waals surface area contributed by atoms with E-state index in [1.54, 1.807) is 30.3 Å². The van der Waals surface area contributed by atoms with Crippen LogP contribution in [0.3, 0.4) is 0 Å². The molecule has 142 valence electrons. The number of hydrogen-bond donors (Lipinski definition) is 1. The first kappa shape index (κ1) is 19.6. The van der Waals surface area contributed by atoms with Crippen LogP contribution in [0.1, 0.15) is 11.1 Å². The lowest BCUT2D eigenvalue weighted by Crippen LogP contribution is -2.20. The average Bonchev–Trinajstić information content (AvgIpc) is 2.69. The van der Waals surface area contributed by atoms with E-state index in [4.69, 9.17) is 16.3 Å². The molecule has 3 rings (SSSR count). The number of nitrogens with zero attached hydrogens (tertiary/aromatic N) is 2. The molecular formula is C22H20ClN3O2. The van der Waals surface area contributed by atoms with Crippen LogP contribution in [0.2, 0.25) is 5.02 Å². The van der Waals surface area contributed by atoms with E-state index in [9.17, 15) is 4.79 Å². The minimum absolute atomic E-state index is 0.121. The molecule has 0 aromatic heterocycles. The van der Waals surface area contributed by atoms with E-state index in [0.29, 0.717) is 22.1 Å². The van der Waals surface area contributed by atoms with Crippen molar-refractivity contribution in [2.75, 3.05) is 11.9 Å². The molecule has 0 atom stereocenters. The summed E-state index contributed by atoms with van der Waals surface area (Å²) < 4.78 is 5.47. The minimum atomic E-state index is -0.286. The number of amides is 1. The van der Waals surface area contributed by atoms with Crippen LogP contribution in [-0.2, 0) is 4.79 Å². The summed E-state index contributed by atoms with van der Waals surface area (Å²) in [6, 6.07) is 20.2. The summed E-state index contributed by atoms with van der Waals surface area (Å²) in [5, 5.41) is 12.0. The Morgan fingerprint density at radius 3 is 2.32 bits per heavy atom. The number of benzene rings is 3. The van der Waals surface area contributed by atoms with E-state index >= 15 is 0 Å². The third-order valence-corrected chi connectivity index (χ3v) is 4.17. The molecule has 0 saturated heterocycles. The topological polar surface area (TPSA) is 63.0 Å². The Kier molecular flexibility index (Phi) is 6.40. The summed E-state index contributed by atoms with van der Waals surface area (Å²) in [4.78, 5) is 12.3. The maximum Gasteiger partial charge on any atom is 0.262 e. The molecule has 0 aliphatic rings. The molecule has 0 saturated carbocycles. The van der Waals surface area contributed by atoms with Crippen molar-refractivity contribution in [1.29, 1.82) is 0 Å². The first-order valence-electron chi connectivity index (χ1n) is 8.77. The van der Waals surface area contributed by atoms with Gasteiger partial charge in [0.15, 0.2) is 6.61 Å². The lowest BCUT2D eigenvalue weighted by atomic mass is 10.2. The minimum Gasteiger partial charge on any atom is -0.484 e. The number of ether oxygens (including phenoxy) is 1. The molecule has 0 radical (unpaired) electrons. The van der Waals surface area contributed by atoms with Crippen LogP contribution in [0, 0.1) is 13.8 Å². The third kappa shape index (κ3) is 5.66. The van der Waals surface area contributed by atoms with Gasteiger partial charge in [0.1, 0.15) is 11.4 Å². The highest BCUT2D eigenvalue weighted by molar-refractivity contribution is 6.30. The number of rotatable bonds is 6. The van der Waals surface area contributed by atoms with E-state index in [1.165, 1.54) is 0 Å². The van der Waals surface area contributed by atoms with Crippen molar-refractivity contribution < 1.29 is 9.53 Å². The van der Waals surface area contributed by atoms with Crippen molar-refractivity contribution in [3.63, 3.8) is 0 Å². The van der Waals surface area contributed by atoms with Gasteiger partial charge in [-0.3, -0.25) is 4.79 Å². The summed E-state index contributed by atoms with van der Waals surface area (Å²) in [7, 11) is 0. The molecule has 0 aliphatic heterocycles. The van der Waals surface area contributed by atoms with Crippen molar-refractivity contribution in [3.05, 3.63) is 82.9 Å². The van der Waals surface area contributed by atoms with Crippen LogP contribution < -0.4 is 10.1 Å². The number of halogens is 1. The highest BCUT2D eigenvalue weighted by Gasteiger charge is 2.08. The van der Waals surface area contributed by atoms with Gasteiger partial charge in [-0.2, -0.15) is 5.11 Å². The van der Waals surface area contributed by atoms with Crippen molar-refractivity contribution in [3.8, 4) is 5.75 Å². The zero-order valence-corrected chi connectivity index (χ0v) is 16.4. The van der Waals surface area contributed by atoms with E-state index in [-0.39, 0.29) is 12.5 Å². The van der Waals surface area contributed by atoms with Crippen LogP contribution >= 0.6 is 11.6 Å². The number of aryl methyl sites for hydroxylation is 2. The third-order valence-electron chi connectivity index (χ3n) is 3.92. The van der Waals surface area contributed by atoms with Gasteiger partial charge in [0.25, 0.3) is 5.91 Å². The Hall–Kier alpha value is -3.18. The van der Waals surface area contributed by atoms with Crippen LogP contribution in [0.15, 0.2) is 77.0 Å². The maximum atomic E-state index is 12.3. The lowest BCUT2D eigenvalue weighted by molar-refractivity contribution is -0.118. The molecule has 1 N–H and O–H groups in total. The molecule has 0 fully saturated rings. The molecule has 3 aromatic carbocycles. The molecule has 0 bridgehead atoms. The summed E-state index contributed by atoms with van der Waals surface area (Å²) in [5.41, 5.74) is 4.08. The molecule has 5 nitrogen and oxygen atoms in total. The summed E-state index contributed by atoms with van der Waals surface area (Å²) in [6.07, 6.45) is 0. The standard InChI is InChI=1S/C22H20ClN3O2/c1-15-3-8-18(9-4-15)25-26-21-13-16(2)5-12-20(21)24-22(27)14-28-19-10-6-17(23)7-11-19/h3-13H,14H2,1-2H3,(H,24,27). The number of hydrogen-bond acceptors (Lipinski definition) is 4. The average molecular weight is 394 g/mol. The van der Waals surface area contributed by atoms with Gasteiger partial charge in [0.2, 0.25) is 0 Å². The fraction of sp³-hybridized carbons (Fsp3) is 0.136. The zero-order valence-electron chi connectivity index (χ0n) is 15.6. The van der Waals surface area contributed by atoms with Gasteiger partial charge in [0, 0.05) is 5.02 Å². The summed E-state index contributed by atoms with van der Waals surface area (Å²) in [6.45, 7) is 3.85. The van der Waals surface area contributed by atoms with Gasteiger partial charge in [-0.25, -0.2) is 0 Å². The normalized spacial score (nSPS) is 10.8. The summed E-state index contributed by atoms with van der Waals surface area (Å²) >= 11 is 5.84. The first-order valence-corrected chi connectivity index (χ1v) is 9.15. The van der Waals surface area contributed by atoms with Crippen LogP contribution in [-0.4, -0.2) is 12.5 Å². The molecule has 0 heterocycles. The maximum absolute atomic E-state index is 12.3. The van der Waals surface area contributed by atoms with E-state index in [0.717, 1.165) is 16.8 Å². The highest BCUT2D eigenvalue weighted by atomic mass is 35.5. The van der Waals surface area contributed by atoms with Gasteiger partial charge in [0.05, 0.1) is 11.4 Å².